The Hall–Kier alpha value is -2.31. The summed E-state index contributed by atoms with van der Waals surface area (Å²) in [7, 11) is 0. The van der Waals surface area contributed by atoms with Gasteiger partial charge in [-0.25, -0.2) is 0 Å². The normalized spacial score (nSPS) is 22.1. The van der Waals surface area contributed by atoms with Crippen molar-refractivity contribution in [3.05, 3.63) is 12.1 Å². The number of carbonyl (C=O) groups excluding carboxylic acids is 2. The molecule has 3 N–H and O–H groups in total. The number of carbonyl (C=O) groups is 2. The average Bonchev–Trinajstić information content (AvgIpc) is 3.26. The second-order valence-corrected chi connectivity index (χ2v) is 5.53. The summed E-state index contributed by atoms with van der Waals surface area (Å²) in [4.78, 5) is 29.2. The summed E-state index contributed by atoms with van der Waals surface area (Å²) in [5.74, 6) is 0.814. The number of ether oxygens (including phenoxy) is 1. The highest BCUT2D eigenvalue weighted by Gasteiger charge is 2.31. The molecule has 2 aliphatic rings. The Bertz CT molecular complexity index is 586. The number of anilines is 2. The van der Waals surface area contributed by atoms with Crippen LogP contribution in [0.15, 0.2) is 12.1 Å². The van der Waals surface area contributed by atoms with Crippen LogP contribution in [0.3, 0.4) is 0 Å². The monoisotopic (exact) mass is 290 g/mol. The van der Waals surface area contributed by atoms with E-state index in [-0.39, 0.29) is 18.4 Å². The second-order valence-electron chi connectivity index (χ2n) is 5.53. The minimum atomic E-state index is -0.463. The number of hydrogen-bond acceptors (Lipinski definition) is 6. The van der Waals surface area contributed by atoms with Crippen molar-refractivity contribution in [3.8, 4) is 5.88 Å². The molecule has 2 fully saturated rings. The van der Waals surface area contributed by atoms with Gasteiger partial charge in [0.15, 0.2) is 0 Å². The highest BCUT2D eigenvalue weighted by atomic mass is 16.5. The van der Waals surface area contributed by atoms with Gasteiger partial charge in [0.05, 0.1) is 18.8 Å². The summed E-state index contributed by atoms with van der Waals surface area (Å²) in [6.45, 7) is 2.42. The molecule has 0 spiro atoms. The number of imide groups is 1. The van der Waals surface area contributed by atoms with Gasteiger partial charge in [0.2, 0.25) is 17.7 Å². The second kappa shape index (κ2) is 5.23. The molecule has 1 unspecified atom stereocenters. The Balaban J connectivity index is 1.81. The third kappa shape index (κ3) is 2.91. The van der Waals surface area contributed by atoms with Crippen molar-refractivity contribution >= 4 is 23.3 Å². The Morgan fingerprint density at radius 3 is 2.90 bits per heavy atom. The van der Waals surface area contributed by atoms with Crippen molar-refractivity contribution in [2.45, 2.75) is 25.8 Å². The van der Waals surface area contributed by atoms with Gasteiger partial charge < -0.3 is 15.4 Å². The summed E-state index contributed by atoms with van der Waals surface area (Å²) < 4.78 is 5.63. The van der Waals surface area contributed by atoms with Gasteiger partial charge >= 0.3 is 0 Å². The van der Waals surface area contributed by atoms with Gasteiger partial charge in [0, 0.05) is 0 Å². The first-order valence-electron chi connectivity index (χ1n) is 7.04. The van der Waals surface area contributed by atoms with E-state index in [1.807, 2.05) is 0 Å². The summed E-state index contributed by atoms with van der Waals surface area (Å²) in [5, 5.41) is 2.30. The number of nitrogens with one attached hydrogen (secondary N) is 1. The molecule has 1 aromatic rings. The molecule has 7 nitrogen and oxygen atoms in total. The maximum atomic E-state index is 11.7. The molecule has 1 saturated carbocycles. The van der Waals surface area contributed by atoms with Crippen LogP contribution < -0.4 is 20.7 Å². The van der Waals surface area contributed by atoms with Gasteiger partial charge in [0.1, 0.15) is 11.9 Å². The number of hydrogen-bond donors (Lipinski definition) is 2. The molecule has 1 aromatic heterocycles. The van der Waals surface area contributed by atoms with Crippen molar-refractivity contribution in [3.63, 3.8) is 0 Å². The highest BCUT2D eigenvalue weighted by molar-refractivity contribution is 6.04. The minimum absolute atomic E-state index is 0.0892. The van der Waals surface area contributed by atoms with Crippen molar-refractivity contribution in [2.75, 3.05) is 23.8 Å². The van der Waals surface area contributed by atoms with Gasteiger partial charge in [-0.3, -0.25) is 14.9 Å². The first-order chi connectivity index (χ1) is 10.0. The van der Waals surface area contributed by atoms with E-state index in [1.165, 1.54) is 12.8 Å². The molecule has 0 bridgehead atoms. The standard InChI is InChI=1S/C14H18N4O3/c1-8-13(20)17-12(19)6-18(8)11-5-4-10(15)14(16-11)21-7-9-2-3-9/h4-5,8-9H,2-3,6-7,15H2,1H3,(H,17,19,20). The van der Waals surface area contributed by atoms with E-state index in [9.17, 15) is 9.59 Å². The highest BCUT2D eigenvalue weighted by Crippen LogP contribution is 2.31. The number of nitrogens with two attached hydrogens (primary N) is 1. The van der Waals surface area contributed by atoms with E-state index in [0.717, 1.165) is 0 Å². The van der Waals surface area contributed by atoms with Crippen LogP contribution in [0.1, 0.15) is 19.8 Å². The fourth-order valence-corrected chi connectivity index (χ4v) is 2.19. The first kappa shape index (κ1) is 13.7. The number of rotatable bonds is 4. The summed E-state index contributed by atoms with van der Waals surface area (Å²) in [6.07, 6.45) is 2.36. The minimum Gasteiger partial charge on any atom is -0.476 e. The van der Waals surface area contributed by atoms with Crippen LogP contribution in [-0.4, -0.2) is 36.0 Å². The number of nitrogen functional groups attached to an aromatic ring is 1. The van der Waals surface area contributed by atoms with E-state index >= 15 is 0 Å². The van der Waals surface area contributed by atoms with Crippen molar-refractivity contribution in [1.82, 2.24) is 10.3 Å². The SMILES string of the molecule is CC1C(=O)NC(=O)CN1c1ccc(N)c(OCC2CC2)n1. The predicted molar refractivity (Wildman–Crippen MR) is 76.8 cm³/mol. The molecule has 2 amide bonds. The zero-order valence-electron chi connectivity index (χ0n) is 11.8. The molecule has 1 atom stereocenters. The van der Waals surface area contributed by atoms with Crippen LogP contribution in [0.5, 0.6) is 5.88 Å². The fraction of sp³-hybridized carbons (Fsp3) is 0.500. The van der Waals surface area contributed by atoms with Crippen molar-refractivity contribution in [2.24, 2.45) is 5.92 Å². The molecular weight excluding hydrogens is 272 g/mol. The van der Waals surface area contributed by atoms with E-state index in [2.05, 4.69) is 10.3 Å². The zero-order valence-corrected chi connectivity index (χ0v) is 11.8. The lowest BCUT2D eigenvalue weighted by molar-refractivity contribution is -0.132. The molecule has 21 heavy (non-hydrogen) atoms. The first-order valence-corrected chi connectivity index (χ1v) is 7.04. The summed E-state index contributed by atoms with van der Waals surface area (Å²) in [5.41, 5.74) is 6.32. The fourth-order valence-electron chi connectivity index (χ4n) is 2.19. The van der Waals surface area contributed by atoms with Crippen LogP contribution in [0.2, 0.25) is 0 Å². The van der Waals surface area contributed by atoms with Gasteiger partial charge in [-0.2, -0.15) is 4.98 Å². The van der Waals surface area contributed by atoms with Crippen molar-refractivity contribution in [1.29, 1.82) is 0 Å². The van der Waals surface area contributed by atoms with Crippen LogP contribution in [-0.2, 0) is 9.59 Å². The summed E-state index contributed by atoms with van der Waals surface area (Å²) >= 11 is 0. The molecule has 0 aromatic carbocycles. The van der Waals surface area contributed by atoms with Crippen molar-refractivity contribution < 1.29 is 14.3 Å². The van der Waals surface area contributed by atoms with E-state index in [1.54, 1.807) is 24.0 Å². The predicted octanol–water partition coefficient (Wildman–Crippen LogP) is 0.304. The molecule has 7 heteroatoms. The van der Waals surface area contributed by atoms with Crippen LogP contribution in [0, 0.1) is 5.92 Å². The van der Waals surface area contributed by atoms with Crippen LogP contribution in [0.4, 0.5) is 11.5 Å². The summed E-state index contributed by atoms with van der Waals surface area (Å²) in [6, 6.07) is 2.92. The lowest BCUT2D eigenvalue weighted by Gasteiger charge is -2.32. The Labute approximate surface area is 122 Å². The maximum absolute atomic E-state index is 11.7. The lowest BCUT2D eigenvalue weighted by Crippen LogP contribution is -2.57. The van der Waals surface area contributed by atoms with Crippen LogP contribution in [0.25, 0.3) is 0 Å². The lowest BCUT2D eigenvalue weighted by atomic mass is 10.2. The topological polar surface area (TPSA) is 97.6 Å². The molecule has 1 aliphatic heterocycles. The van der Waals surface area contributed by atoms with E-state index < -0.39 is 6.04 Å². The zero-order chi connectivity index (χ0) is 15.0. The Kier molecular flexibility index (Phi) is 3.40. The molecule has 112 valence electrons. The van der Waals surface area contributed by atoms with Crippen LogP contribution >= 0.6 is 0 Å². The molecule has 3 rings (SSSR count). The average molecular weight is 290 g/mol. The molecule has 2 heterocycles. The number of nitrogens with zero attached hydrogens (tertiary/aromatic N) is 2. The molecule has 0 radical (unpaired) electrons. The van der Waals surface area contributed by atoms with Gasteiger partial charge in [-0.15, -0.1) is 0 Å². The Morgan fingerprint density at radius 1 is 1.43 bits per heavy atom. The third-order valence-corrected chi connectivity index (χ3v) is 3.75. The van der Waals surface area contributed by atoms with Gasteiger partial charge in [-0.1, -0.05) is 0 Å². The number of pyridine rings is 1. The molecule has 1 saturated heterocycles. The van der Waals surface area contributed by atoms with E-state index in [0.29, 0.717) is 29.9 Å². The maximum Gasteiger partial charge on any atom is 0.249 e. The molecular formula is C14H18N4O3. The number of amides is 2. The van der Waals surface area contributed by atoms with Gasteiger partial charge in [-0.05, 0) is 37.8 Å². The Morgan fingerprint density at radius 2 is 2.19 bits per heavy atom. The quantitative estimate of drug-likeness (QED) is 0.774. The number of aromatic nitrogens is 1. The largest absolute Gasteiger partial charge is 0.476 e. The smallest absolute Gasteiger partial charge is 0.249 e. The van der Waals surface area contributed by atoms with E-state index in [4.69, 9.17) is 10.5 Å². The van der Waals surface area contributed by atoms with Gasteiger partial charge in [0.25, 0.3) is 0 Å². The number of piperazine rings is 1. The third-order valence-electron chi connectivity index (χ3n) is 3.75. The molecule has 1 aliphatic carbocycles.